The van der Waals surface area contributed by atoms with Crippen LogP contribution in [0.5, 0.6) is 0 Å². The Labute approximate surface area is 198 Å². The number of rotatable bonds is 2. The lowest BCUT2D eigenvalue weighted by molar-refractivity contribution is -0.153. The van der Waals surface area contributed by atoms with E-state index in [1.54, 1.807) is 0 Å². The zero-order chi connectivity index (χ0) is 23.8. The van der Waals surface area contributed by atoms with E-state index in [1.165, 1.54) is 12.0 Å². The fourth-order valence-corrected chi connectivity index (χ4v) is 9.06. The zero-order valence-electron chi connectivity index (χ0n) is 21.0. The van der Waals surface area contributed by atoms with Gasteiger partial charge < -0.3 is 4.74 Å². The average molecular weight is 450 g/mol. The zero-order valence-corrected chi connectivity index (χ0v) is 21.0. The number of Topliss-reactive ketones (excluding diaryl/α,β-unsaturated/α-hetero) is 1. The second-order valence-electron chi connectivity index (χ2n) is 13.1. The van der Waals surface area contributed by atoms with Crippen LogP contribution in [0.15, 0.2) is 23.3 Å². The van der Waals surface area contributed by atoms with Gasteiger partial charge in [-0.15, -0.1) is 0 Å². The molecule has 0 aromatic carbocycles. The van der Waals surface area contributed by atoms with Crippen molar-refractivity contribution < 1.29 is 14.3 Å². The summed E-state index contributed by atoms with van der Waals surface area (Å²) in [5, 5.41) is 9.59. The van der Waals surface area contributed by atoms with Crippen LogP contribution in [0, 0.1) is 56.7 Å². The summed E-state index contributed by atoms with van der Waals surface area (Å²) < 4.78 is 5.78. The van der Waals surface area contributed by atoms with E-state index in [9.17, 15) is 14.9 Å². The predicted octanol–water partition coefficient (Wildman–Crippen LogP) is 5.83. The molecule has 5 aliphatic rings. The minimum Gasteiger partial charge on any atom is -0.384 e. The summed E-state index contributed by atoms with van der Waals surface area (Å²) in [4.78, 5) is 26.5. The fraction of sp³-hybridized carbons (Fsp3) is 0.759. The molecule has 4 heteroatoms. The third-order valence-corrected chi connectivity index (χ3v) is 10.9. The monoisotopic (exact) mass is 449 g/mol. The Balaban J connectivity index is 1.61. The molecule has 7 unspecified atom stereocenters. The molecule has 33 heavy (non-hydrogen) atoms. The molecule has 0 radical (unpaired) electrons. The quantitative estimate of drug-likeness (QED) is 0.532. The molecule has 0 N–H and O–H groups in total. The Bertz CT molecular complexity index is 999. The van der Waals surface area contributed by atoms with Crippen molar-refractivity contribution in [2.75, 3.05) is 13.7 Å². The topological polar surface area (TPSA) is 67.2 Å². The van der Waals surface area contributed by atoms with Crippen LogP contribution in [0.25, 0.3) is 0 Å². The first-order valence-electron chi connectivity index (χ1n) is 12.9. The first-order chi connectivity index (χ1) is 15.5. The van der Waals surface area contributed by atoms with Gasteiger partial charge in [0.25, 0.3) is 0 Å². The van der Waals surface area contributed by atoms with Gasteiger partial charge in [0.05, 0.1) is 12.2 Å². The Hall–Kier alpha value is -1.73. The standard InChI is InChI=1S/C29H39NO3/c1-26(2)10-11-29(17-33-5)9-7-20-25(21(29)15-26)23(32)13-24-27(20,3)8-6-19-12-22(31)18(16-30)14-28(19,24)4/h13-14,19-21,25H,6-12,15,17H2,1-5H3. The molecule has 0 aliphatic heterocycles. The van der Waals surface area contributed by atoms with Gasteiger partial charge in [0.1, 0.15) is 6.07 Å². The number of carbonyl (C=O) groups excluding carboxylic acids is 2. The van der Waals surface area contributed by atoms with Crippen LogP contribution in [0.4, 0.5) is 0 Å². The predicted molar refractivity (Wildman–Crippen MR) is 127 cm³/mol. The SMILES string of the molecule is COCC12CCC3C(C(=O)C=C4C5(C)C=C(C#N)C(=O)CC5CCC43C)C1CC(C)(C)CC2. The smallest absolute Gasteiger partial charge is 0.173 e. The summed E-state index contributed by atoms with van der Waals surface area (Å²) in [6.07, 6.45) is 12.0. The number of ketones is 2. The molecule has 7 atom stereocenters. The molecular formula is C29H39NO3. The van der Waals surface area contributed by atoms with Crippen molar-refractivity contribution in [3.63, 3.8) is 0 Å². The average Bonchev–Trinajstić information content (AvgIpc) is 2.75. The number of hydrogen-bond acceptors (Lipinski definition) is 4. The molecule has 0 aromatic rings. The number of ether oxygens (including phenoxy) is 1. The van der Waals surface area contributed by atoms with Crippen molar-refractivity contribution in [3.05, 3.63) is 23.3 Å². The van der Waals surface area contributed by atoms with E-state index in [0.29, 0.717) is 24.0 Å². The molecule has 5 rings (SSSR count). The van der Waals surface area contributed by atoms with E-state index in [2.05, 4.69) is 33.8 Å². The maximum atomic E-state index is 14.0. The van der Waals surface area contributed by atoms with Gasteiger partial charge in [-0.2, -0.15) is 5.26 Å². The second-order valence-corrected chi connectivity index (χ2v) is 13.1. The lowest BCUT2D eigenvalue weighted by Gasteiger charge is -2.64. The fourth-order valence-electron chi connectivity index (χ4n) is 9.06. The van der Waals surface area contributed by atoms with Crippen LogP contribution in [0.1, 0.15) is 79.1 Å². The van der Waals surface area contributed by atoms with Crippen molar-refractivity contribution in [3.8, 4) is 6.07 Å². The molecule has 0 aromatic heterocycles. The number of allylic oxidation sites excluding steroid dienone is 4. The van der Waals surface area contributed by atoms with E-state index >= 15 is 0 Å². The first-order valence-corrected chi connectivity index (χ1v) is 12.9. The normalized spacial score (nSPS) is 46.1. The van der Waals surface area contributed by atoms with Gasteiger partial charge in [-0.1, -0.05) is 39.3 Å². The van der Waals surface area contributed by atoms with E-state index in [1.807, 2.05) is 19.3 Å². The maximum Gasteiger partial charge on any atom is 0.173 e. The van der Waals surface area contributed by atoms with Gasteiger partial charge >= 0.3 is 0 Å². The molecule has 5 aliphatic carbocycles. The Kier molecular flexibility index (Phi) is 5.15. The highest BCUT2D eigenvalue weighted by Crippen LogP contribution is 2.68. The van der Waals surface area contributed by atoms with Crippen LogP contribution in [0.2, 0.25) is 0 Å². The number of methoxy groups -OCH3 is 1. The lowest BCUT2D eigenvalue weighted by Crippen LogP contribution is -2.59. The summed E-state index contributed by atoms with van der Waals surface area (Å²) in [7, 11) is 1.81. The molecule has 0 heterocycles. The summed E-state index contributed by atoms with van der Waals surface area (Å²) in [5.41, 5.74) is 1.43. The van der Waals surface area contributed by atoms with Gasteiger partial charge in [0.2, 0.25) is 0 Å². The van der Waals surface area contributed by atoms with E-state index < -0.39 is 0 Å². The highest BCUT2D eigenvalue weighted by atomic mass is 16.5. The minimum atomic E-state index is -0.375. The summed E-state index contributed by atoms with van der Waals surface area (Å²) >= 11 is 0. The molecule has 0 saturated heterocycles. The van der Waals surface area contributed by atoms with E-state index in [4.69, 9.17) is 4.74 Å². The third-order valence-electron chi connectivity index (χ3n) is 10.9. The maximum absolute atomic E-state index is 14.0. The largest absolute Gasteiger partial charge is 0.384 e. The second kappa shape index (κ2) is 7.38. The summed E-state index contributed by atoms with van der Waals surface area (Å²) in [6.45, 7) is 10.1. The molecule has 3 saturated carbocycles. The van der Waals surface area contributed by atoms with Crippen LogP contribution in [0.3, 0.4) is 0 Å². The number of hydrogen-bond donors (Lipinski definition) is 0. The molecule has 0 spiro atoms. The van der Waals surface area contributed by atoms with Gasteiger partial charge in [0.15, 0.2) is 11.6 Å². The van der Waals surface area contributed by atoms with Crippen molar-refractivity contribution in [2.45, 2.75) is 79.1 Å². The number of carbonyl (C=O) groups is 2. The van der Waals surface area contributed by atoms with Gasteiger partial charge in [-0.25, -0.2) is 0 Å². The van der Waals surface area contributed by atoms with E-state index in [-0.39, 0.29) is 44.9 Å². The summed E-state index contributed by atoms with van der Waals surface area (Å²) in [6, 6.07) is 2.14. The molecule has 4 nitrogen and oxygen atoms in total. The third kappa shape index (κ3) is 3.18. The summed E-state index contributed by atoms with van der Waals surface area (Å²) in [5.74, 6) is 1.22. The number of nitriles is 1. The van der Waals surface area contributed by atoms with Crippen LogP contribution in [-0.4, -0.2) is 25.3 Å². The van der Waals surface area contributed by atoms with Crippen LogP contribution >= 0.6 is 0 Å². The highest BCUT2D eigenvalue weighted by molar-refractivity contribution is 6.01. The molecular weight excluding hydrogens is 410 g/mol. The van der Waals surface area contributed by atoms with Crippen LogP contribution in [-0.2, 0) is 14.3 Å². The molecule has 3 fully saturated rings. The lowest BCUT2D eigenvalue weighted by atomic mass is 9.40. The van der Waals surface area contributed by atoms with Gasteiger partial charge in [-0.3, -0.25) is 9.59 Å². The number of nitrogens with zero attached hydrogens (tertiary/aromatic N) is 1. The van der Waals surface area contributed by atoms with Crippen molar-refractivity contribution >= 4 is 11.6 Å². The van der Waals surface area contributed by atoms with Gasteiger partial charge in [0, 0.05) is 24.9 Å². The van der Waals surface area contributed by atoms with Crippen molar-refractivity contribution in [1.29, 1.82) is 5.26 Å². The van der Waals surface area contributed by atoms with Crippen molar-refractivity contribution in [2.24, 2.45) is 45.3 Å². The van der Waals surface area contributed by atoms with Crippen molar-refractivity contribution in [1.82, 2.24) is 0 Å². The first kappa shape index (κ1) is 23.0. The van der Waals surface area contributed by atoms with Crippen LogP contribution < -0.4 is 0 Å². The Morgan fingerprint density at radius 2 is 1.82 bits per heavy atom. The Morgan fingerprint density at radius 3 is 2.52 bits per heavy atom. The minimum absolute atomic E-state index is 0.0318. The highest BCUT2D eigenvalue weighted by Gasteiger charge is 2.63. The molecule has 0 amide bonds. The molecule has 0 bridgehead atoms. The Morgan fingerprint density at radius 1 is 1.06 bits per heavy atom. The van der Waals surface area contributed by atoms with E-state index in [0.717, 1.165) is 45.1 Å². The molecule has 178 valence electrons. The van der Waals surface area contributed by atoms with Gasteiger partial charge in [-0.05, 0) is 85.0 Å². The number of fused-ring (bicyclic) bond motifs is 7.